The van der Waals surface area contributed by atoms with Gasteiger partial charge in [0.2, 0.25) is 5.88 Å². The molecule has 0 radical (unpaired) electrons. The standard InChI is InChI=1S/C14H27N7O3/c1-21(2)6-9-23-12-10-11(17-4-7-22-3)19-14(20-12)24-8-5-18-13(15)16/h10H,4-9H2,1-3H3,(H4,15,16,18)(H,17,19,20). The van der Waals surface area contributed by atoms with E-state index in [1.54, 1.807) is 13.2 Å². The third kappa shape index (κ3) is 8.96. The van der Waals surface area contributed by atoms with Crippen LogP contribution in [0.3, 0.4) is 0 Å². The van der Waals surface area contributed by atoms with Crippen molar-refractivity contribution in [1.82, 2.24) is 14.9 Å². The first kappa shape index (κ1) is 19.7. The molecule has 0 aliphatic carbocycles. The maximum absolute atomic E-state index is 5.64. The van der Waals surface area contributed by atoms with E-state index < -0.39 is 0 Å². The summed E-state index contributed by atoms with van der Waals surface area (Å²) >= 11 is 0. The van der Waals surface area contributed by atoms with Crippen LogP contribution in [0.2, 0.25) is 0 Å². The predicted molar refractivity (Wildman–Crippen MR) is 92.6 cm³/mol. The highest BCUT2D eigenvalue weighted by molar-refractivity contribution is 5.75. The number of nitrogens with two attached hydrogens (primary N) is 2. The lowest BCUT2D eigenvalue weighted by Crippen LogP contribution is -2.23. The fourth-order valence-electron chi connectivity index (χ4n) is 1.56. The Labute approximate surface area is 142 Å². The van der Waals surface area contributed by atoms with Crippen molar-refractivity contribution in [3.63, 3.8) is 0 Å². The molecule has 1 aromatic rings. The summed E-state index contributed by atoms with van der Waals surface area (Å²) in [5, 5.41) is 3.12. The number of methoxy groups -OCH3 is 1. The normalized spacial score (nSPS) is 10.5. The summed E-state index contributed by atoms with van der Waals surface area (Å²) in [6.45, 7) is 3.03. The summed E-state index contributed by atoms with van der Waals surface area (Å²) in [7, 11) is 5.58. The number of nitrogens with zero attached hydrogens (tertiary/aromatic N) is 4. The van der Waals surface area contributed by atoms with E-state index >= 15 is 0 Å². The first-order valence-corrected chi connectivity index (χ1v) is 7.59. The van der Waals surface area contributed by atoms with E-state index in [0.717, 1.165) is 6.54 Å². The molecule has 10 nitrogen and oxygen atoms in total. The number of likely N-dealkylation sites (N-methyl/N-ethyl adjacent to an activating group) is 1. The van der Waals surface area contributed by atoms with E-state index in [2.05, 4.69) is 20.3 Å². The van der Waals surface area contributed by atoms with Crippen molar-refractivity contribution < 1.29 is 14.2 Å². The molecule has 0 atom stereocenters. The zero-order valence-corrected chi connectivity index (χ0v) is 14.5. The maximum Gasteiger partial charge on any atom is 0.321 e. The average molecular weight is 341 g/mol. The Morgan fingerprint density at radius 3 is 2.67 bits per heavy atom. The zero-order valence-electron chi connectivity index (χ0n) is 14.5. The Morgan fingerprint density at radius 2 is 2.00 bits per heavy atom. The van der Waals surface area contributed by atoms with Crippen molar-refractivity contribution >= 4 is 11.8 Å². The van der Waals surface area contributed by atoms with Crippen LogP contribution in [0.5, 0.6) is 11.9 Å². The fraction of sp³-hybridized carbons (Fsp3) is 0.643. The van der Waals surface area contributed by atoms with Gasteiger partial charge in [0.05, 0.1) is 13.2 Å². The van der Waals surface area contributed by atoms with E-state index in [9.17, 15) is 0 Å². The third-order valence-electron chi connectivity index (χ3n) is 2.70. The summed E-state index contributed by atoms with van der Waals surface area (Å²) in [5.74, 6) is 1.05. The highest BCUT2D eigenvalue weighted by atomic mass is 16.5. The highest BCUT2D eigenvalue weighted by Crippen LogP contribution is 2.17. The van der Waals surface area contributed by atoms with Crippen molar-refractivity contribution in [1.29, 1.82) is 0 Å². The molecule has 5 N–H and O–H groups in total. The van der Waals surface area contributed by atoms with Crippen LogP contribution in [-0.2, 0) is 4.74 Å². The van der Waals surface area contributed by atoms with Crippen LogP contribution in [0.25, 0.3) is 0 Å². The van der Waals surface area contributed by atoms with Gasteiger partial charge in [0, 0.05) is 26.3 Å². The van der Waals surface area contributed by atoms with Crippen LogP contribution >= 0.6 is 0 Å². The van der Waals surface area contributed by atoms with Gasteiger partial charge < -0.3 is 35.9 Å². The van der Waals surface area contributed by atoms with Crippen molar-refractivity contribution in [2.75, 3.05) is 66.0 Å². The molecule has 136 valence electrons. The molecule has 0 saturated carbocycles. The van der Waals surface area contributed by atoms with Gasteiger partial charge in [-0.25, -0.2) is 0 Å². The molecule has 0 unspecified atom stereocenters. The second-order valence-electron chi connectivity index (χ2n) is 5.10. The van der Waals surface area contributed by atoms with E-state index in [4.69, 9.17) is 25.7 Å². The van der Waals surface area contributed by atoms with Crippen LogP contribution in [0, 0.1) is 0 Å². The van der Waals surface area contributed by atoms with Crippen LogP contribution < -0.4 is 26.3 Å². The zero-order chi connectivity index (χ0) is 17.8. The molecule has 1 heterocycles. The van der Waals surface area contributed by atoms with Gasteiger partial charge in [-0.15, -0.1) is 0 Å². The quantitative estimate of drug-likeness (QED) is 0.252. The summed E-state index contributed by atoms with van der Waals surface area (Å²) in [4.78, 5) is 14.3. The molecule has 24 heavy (non-hydrogen) atoms. The topological polar surface area (TPSA) is 133 Å². The molecule has 0 aliphatic rings. The van der Waals surface area contributed by atoms with Crippen LogP contribution in [0.4, 0.5) is 5.82 Å². The highest BCUT2D eigenvalue weighted by Gasteiger charge is 2.07. The summed E-state index contributed by atoms with van der Waals surface area (Å²) < 4.78 is 16.1. The third-order valence-corrected chi connectivity index (χ3v) is 2.70. The number of hydrogen-bond acceptors (Lipinski definition) is 8. The number of rotatable bonds is 12. The molecule has 0 saturated heterocycles. The first-order chi connectivity index (χ1) is 11.5. The Bertz CT molecular complexity index is 507. The van der Waals surface area contributed by atoms with Gasteiger partial charge in [-0.3, -0.25) is 4.99 Å². The van der Waals surface area contributed by atoms with Crippen molar-refractivity contribution in [2.45, 2.75) is 0 Å². The number of hydrogen-bond donors (Lipinski definition) is 3. The van der Waals surface area contributed by atoms with Crippen LogP contribution in [-0.4, -0.2) is 81.5 Å². The molecule has 0 aliphatic heterocycles. The summed E-state index contributed by atoms with van der Waals surface area (Å²) in [6, 6.07) is 1.91. The number of aliphatic imine (C=N–C) groups is 1. The lowest BCUT2D eigenvalue weighted by atomic mass is 10.5. The number of nitrogens with one attached hydrogen (secondary N) is 1. The van der Waals surface area contributed by atoms with Gasteiger partial charge in [0.15, 0.2) is 5.96 Å². The number of anilines is 1. The van der Waals surface area contributed by atoms with E-state index in [1.807, 2.05) is 19.0 Å². The molecule has 0 bridgehead atoms. The van der Waals surface area contributed by atoms with Gasteiger partial charge in [0.1, 0.15) is 19.0 Å². The molecular formula is C14H27N7O3. The Hall–Kier alpha value is -2.33. The van der Waals surface area contributed by atoms with Crippen LogP contribution in [0.15, 0.2) is 11.1 Å². The second-order valence-corrected chi connectivity index (χ2v) is 5.10. The van der Waals surface area contributed by atoms with Crippen molar-refractivity contribution in [2.24, 2.45) is 16.5 Å². The number of ether oxygens (including phenoxy) is 3. The average Bonchev–Trinajstić information content (AvgIpc) is 2.51. The summed E-state index contributed by atoms with van der Waals surface area (Å²) in [6.07, 6.45) is 0. The Morgan fingerprint density at radius 1 is 1.21 bits per heavy atom. The summed E-state index contributed by atoms with van der Waals surface area (Å²) in [5.41, 5.74) is 10.5. The minimum atomic E-state index is 0.0159. The molecule has 0 amide bonds. The first-order valence-electron chi connectivity index (χ1n) is 7.59. The Kier molecular flexibility index (Phi) is 9.24. The van der Waals surface area contributed by atoms with Crippen LogP contribution in [0.1, 0.15) is 0 Å². The van der Waals surface area contributed by atoms with E-state index in [-0.39, 0.29) is 18.6 Å². The second kappa shape index (κ2) is 11.2. The molecule has 1 aromatic heterocycles. The lowest BCUT2D eigenvalue weighted by Gasteiger charge is -2.13. The van der Waals surface area contributed by atoms with Gasteiger partial charge in [-0.2, -0.15) is 9.97 Å². The van der Waals surface area contributed by atoms with Gasteiger partial charge >= 0.3 is 6.01 Å². The van der Waals surface area contributed by atoms with Crippen molar-refractivity contribution in [3.05, 3.63) is 6.07 Å². The minimum absolute atomic E-state index is 0.0159. The van der Waals surface area contributed by atoms with E-state index in [1.165, 1.54) is 0 Å². The smallest absolute Gasteiger partial charge is 0.321 e. The molecule has 10 heteroatoms. The largest absolute Gasteiger partial charge is 0.476 e. The van der Waals surface area contributed by atoms with Gasteiger partial charge in [-0.1, -0.05) is 0 Å². The molecule has 0 spiro atoms. The fourth-order valence-corrected chi connectivity index (χ4v) is 1.56. The maximum atomic E-state index is 5.64. The molecule has 0 aromatic carbocycles. The molecule has 1 rings (SSSR count). The lowest BCUT2D eigenvalue weighted by molar-refractivity contribution is 0.210. The SMILES string of the molecule is COCCNc1cc(OCCN(C)C)nc(OCCN=C(N)N)n1. The van der Waals surface area contributed by atoms with E-state index in [0.29, 0.717) is 38.0 Å². The monoisotopic (exact) mass is 341 g/mol. The van der Waals surface area contributed by atoms with Gasteiger partial charge in [0.25, 0.3) is 0 Å². The molecule has 0 fully saturated rings. The minimum Gasteiger partial charge on any atom is -0.476 e. The molecular weight excluding hydrogens is 314 g/mol. The number of aromatic nitrogens is 2. The Balaban J connectivity index is 2.67. The predicted octanol–water partition coefficient (Wildman–Crippen LogP) is -0.872. The van der Waals surface area contributed by atoms with Gasteiger partial charge in [-0.05, 0) is 14.1 Å². The van der Waals surface area contributed by atoms with Crippen molar-refractivity contribution in [3.8, 4) is 11.9 Å². The number of guanidine groups is 1.